The molecule has 32 heavy (non-hydrogen) atoms. The van der Waals surface area contributed by atoms with Crippen molar-refractivity contribution in [2.45, 2.75) is 58.4 Å². The third kappa shape index (κ3) is 7.51. The standard InChI is InChI=1S/C23H32ClN3O5/c1-22(2,3)26-18(28)13-23(11-7-8-12-23)21(31)32-15-20(30)27(4)14-19(29)25-17-10-6-5-9-16(17)24/h5-6,9-10H,7-8,11-15H2,1-4H3,(H,25,29)(H,26,28). The number of nitrogens with zero attached hydrogens (tertiary/aromatic N) is 1. The molecule has 0 aliphatic heterocycles. The first-order valence-electron chi connectivity index (χ1n) is 10.7. The van der Waals surface area contributed by atoms with Gasteiger partial charge in [-0.2, -0.15) is 0 Å². The van der Waals surface area contributed by atoms with E-state index in [0.717, 1.165) is 12.8 Å². The van der Waals surface area contributed by atoms with Crippen molar-refractivity contribution in [2.24, 2.45) is 5.41 Å². The molecule has 2 rings (SSSR count). The number of carbonyl (C=O) groups excluding carboxylic acids is 4. The van der Waals surface area contributed by atoms with Crippen molar-refractivity contribution in [2.75, 3.05) is 25.5 Å². The minimum absolute atomic E-state index is 0.0351. The number of anilines is 1. The quantitative estimate of drug-likeness (QED) is 0.574. The maximum Gasteiger partial charge on any atom is 0.313 e. The molecule has 8 nitrogen and oxygen atoms in total. The van der Waals surface area contributed by atoms with E-state index in [1.165, 1.54) is 11.9 Å². The highest BCUT2D eigenvalue weighted by Crippen LogP contribution is 2.42. The number of rotatable bonds is 8. The molecule has 1 aliphatic carbocycles. The molecule has 1 aromatic carbocycles. The van der Waals surface area contributed by atoms with Crippen LogP contribution >= 0.6 is 11.6 Å². The average Bonchev–Trinajstić information content (AvgIpc) is 3.15. The zero-order valence-corrected chi connectivity index (χ0v) is 19.9. The van der Waals surface area contributed by atoms with Crippen molar-refractivity contribution >= 4 is 41.0 Å². The highest BCUT2D eigenvalue weighted by molar-refractivity contribution is 6.33. The molecule has 0 unspecified atom stereocenters. The van der Waals surface area contributed by atoms with Gasteiger partial charge in [0.25, 0.3) is 5.91 Å². The summed E-state index contributed by atoms with van der Waals surface area (Å²) >= 11 is 6.02. The molecule has 3 amide bonds. The number of benzene rings is 1. The third-order valence-corrected chi connectivity index (χ3v) is 5.62. The first-order valence-corrected chi connectivity index (χ1v) is 11.1. The molecule has 0 atom stereocenters. The number of carbonyl (C=O) groups is 4. The van der Waals surface area contributed by atoms with Gasteiger partial charge in [-0.15, -0.1) is 0 Å². The van der Waals surface area contributed by atoms with E-state index < -0.39 is 35.3 Å². The number of para-hydroxylation sites is 1. The number of nitrogens with one attached hydrogen (secondary N) is 2. The normalized spacial score (nSPS) is 15.0. The molecule has 1 aliphatic rings. The summed E-state index contributed by atoms with van der Waals surface area (Å²) in [5.74, 6) is -1.69. The molecule has 9 heteroatoms. The predicted octanol–water partition coefficient (Wildman–Crippen LogP) is 3.15. The van der Waals surface area contributed by atoms with Gasteiger partial charge in [-0.05, 0) is 45.7 Å². The van der Waals surface area contributed by atoms with Crippen LogP contribution in [0.4, 0.5) is 5.69 Å². The SMILES string of the molecule is CN(CC(=O)Nc1ccccc1Cl)C(=O)COC(=O)C1(CC(=O)NC(C)(C)C)CCCC1. The Morgan fingerprint density at radius 3 is 2.31 bits per heavy atom. The molecule has 2 N–H and O–H groups in total. The second kappa shape index (κ2) is 10.8. The molecule has 0 aromatic heterocycles. The van der Waals surface area contributed by atoms with Gasteiger partial charge < -0.3 is 20.3 Å². The zero-order valence-electron chi connectivity index (χ0n) is 19.1. The van der Waals surface area contributed by atoms with Gasteiger partial charge in [0.2, 0.25) is 11.8 Å². The Kier molecular flexibility index (Phi) is 8.66. The minimum Gasteiger partial charge on any atom is -0.455 e. The Morgan fingerprint density at radius 1 is 1.09 bits per heavy atom. The number of esters is 1. The van der Waals surface area contributed by atoms with E-state index in [2.05, 4.69) is 10.6 Å². The Bertz CT molecular complexity index is 859. The summed E-state index contributed by atoms with van der Waals surface area (Å²) in [6.45, 7) is 4.92. The van der Waals surface area contributed by atoms with E-state index in [4.69, 9.17) is 16.3 Å². The smallest absolute Gasteiger partial charge is 0.313 e. The Hall–Kier alpha value is -2.61. The van der Waals surface area contributed by atoms with Crippen LogP contribution in [0.15, 0.2) is 24.3 Å². The summed E-state index contributed by atoms with van der Waals surface area (Å²) in [7, 11) is 1.45. The summed E-state index contributed by atoms with van der Waals surface area (Å²) in [6.07, 6.45) is 2.79. The van der Waals surface area contributed by atoms with Crippen LogP contribution in [0, 0.1) is 5.41 Å². The number of amides is 3. The van der Waals surface area contributed by atoms with Crippen LogP contribution < -0.4 is 10.6 Å². The van der Waals surface area contributed by atoms with E-state index in [-0.39, 0.29) is 18.9 Å². The van der Waals surface area contributed by atoms with Crippen LogP contribution in [0.1, 0.15) is 52.9 Å². The number of ether oxygens (including phenoxy) is 1. The van der Waals surface area contributed by atoms with Crippen molar-refractivity contribution in [1.29, 1.82) is 0 Å². The fourth-order valence-corrected chi connectivity index (χ4v) is 3.90. The second-order valence-electron chi connectivity index (χ2n) is 9.32. The molecule has 1 fully saturated rings. The Morgan fingerprint density at radius 2 is 1.72 bits per heavy atom. The largest absolute Gasteiger partial charge is 0.455 e. The van der Waals surface area contributed by atoms with Gasteiger partial charge in [0, 0.05) is 19.0 Å². The molecule has 0 bridgehead atoms. The fourth-order valence-electron chi connectivity index (χ4n) is 3.72. The van der Waals surface area contributed by atoms with Crippen molar-refractivity contribution in [3.05, 3.63) is 29.3 Å². The molecular weight excluding hydrogens is 434 g/mol. The van der Waals surface area contributed by atoms with Crippen LogP contribution in [0.5, 0.6) is 0 Å². The first kappa shape index (κ1) is 25.6. The van der Waals surface area contributed by atoms with Crippen LogP contribution in [-0.4, -0.2) is 54.3 Å². The number of likely N-dealkylation sites (N-methyl/N-ethyl adjacent to an activating group) is 1. The molecule has 0 spiro atoms. The molecule has 176 valence electrons. The lowest BCUT2D eigenvalue weighted by Gasteiger charge is -2.28. The first-order chi connectivity index (χ1) is 14.9. The molecule has 0 heterocycles. The summed E-state index contributed by atoms with van der Waals surface area (Å²) in [6, 6.07) is 6.77. The number of hydrogen-bond acceptors (Lipinski definition) is 5. The molecule has 0 saturated heterocycles. The van der Waals surface area contributed by atoms with Crippen molar-refractivity contribution < 1.29 is 23.9 Å². The lowest BCUT2D eigenvalue weighted by atomic mass is 9.82. The highest BCUT2D eigenvalue weighted by atomic mass is 35.5. The van der Waals surface area contributed by atoms with E-state index >= 15 is 0 Å². The summed E-state index contributed by atoms with van der Waals surface area (Å²) in [5, 5.41) is 5.90. The molecular formula is C23H32ClN3O5. The van der Waals surface area contributed by atoms with E-state index in [9.17, 15) is 19.2 Å². The van der Waals surface area contributed by atoms with Gasteiger partial charge in [0.05, 0.1) is 22.7 Å². The number of hydrogen-bond donors (Lipinski definition) is 2. The Balaban J connectivity index is 1.88. The number of halogens is 1. The van der Waals surface area contributed by atoms with Gasteiger partial charge in [-0.3, -0.25) is 19.2 Å². The fraction of sp³-hybridized carbons (Fsp3) is 0.565. The molecule has 1 saturated carbocycles. The molecule has 1 aromatic rings. The van der Waals surface area contributed by atoms with E-state index in [1.807, 2.05) is 20.8 Å². The van der Waals surface area contributed by atoms with E-state index in [0.29, 0.717) is 23.6 Å². The van der Waals surface area contributed by atoms with Crippen LogP contribution in [0.3, 0.4) is 0 Å². The monoisotopic (exact) mass is 465 g/mol. The third-order valence-electron chi connectivity index (χ3n) is 5.29. The van der Waals surface area contributed by atoms with Gasteiger partial charge in [0.15, 0.2) is 6.61 Å². The van der Waals surface area contributed by atoms with Crippen molar-refractivity contribution in [1.82, 2.24) is 10.2 Å². The lowest BCUT2D eigenvalue weighted by molar-refractivity contribution is -0.162. The van der Waals surface area contributed by atoms with E-state index in [1.54, 1.807) is 24.3 Å². The molecule has 0 radical (unpaired) electrons. The van der Waals surface area contributed by atoms with Gasteiger partial charge in [0.1, 0.15) is 0 Å². The topological polar surface area (TPSA) is 105 Å². The maximum absolute atomic E-state index is 12.8. The maximum atomic E-state index is 12.8. The predicted molar refractivity (Wildman–Crippen MR) is 122 cm³/mol. The van der Waals surface area contributed by atoms with Crippen LogP contribution in [0.25, 0.3) is 0 Å². The zero-order chi connectivity index (χ0) is 23.9. The summed E-state index contributed by atoms with van der Waals surface area (Å²) < 4.78 is 5.30. The summed E-state index contributed by atoms with van der Waals surface area (Å²) in [5.41, 5.74) is -0.859. The average molecular weight is 466 g/mol. The van der Waals surface area contributed by atoms with Gasteiger partial charge in [-0.25, -0.2) is 0 Å². The van der Waals surface area contributed by atoms with Crippen molar-refractivity contribution in [3.63, 3.8) is 0 Å². The van der Waals surface area contributed by atoms with Gasteiger partial charge >= 0.3 is 5.97 Å². The van der Waals surface area contributed by atoms with Gasteiger partial charge in [-0.1, -0.05) is 36.6 Å². The van der Waals surface area contributed by atoms with Crippen LogP contribution in [0.2, 0.25) is 5.02 Å². The summed E-state index contributed by atoms with van der Waals surface area (Å²) in [4.78, 5) is 51.0. The minimum atomic E-state index is -0.907. The Labute approximate surface area is 194 Å². The highest BCUT2D eigenvalue weighted by Gasteiger charge is 2.44. The lowest BCUT2D eigenvalue weighted by Crippen LogP contribution is -2.45. The van der Waals surface area contributed by atoms with Crippen LogP contribution in [-0.2, 0) is 23.9 Å². The van der Waals surface area contributed by atoms with Crippen molar-refractivity contribution in [3.8, 4) is 0 Å². The second-order valence-corrected chi connectivity index (χ2v) is 9.72.